The van der Waals surface area contributed by atoms with Crippen LogP contribution in [0.5, 0.6) is 5.75 Å². The quantitative estimate of drug-likeness (QED) is 0.786. The number of ether oxygens (including phenoxy) is 1. The smallest absolute Gasteiger partial charge is 0.387 e. The summed E-state index contributed by atoms with van der Waals surface area (Å²) in [5.41, 5.74) is 2.38. The molecule has 4 rings (SSSR count). The molecule has 0 bridgehead atoms. The molecule has 6 nitrogen and oxygen atoms in total. The number of hydrogen-bond donors (Lipinski definition) is 0. The van der Waals surface area contributed by atoms with Gasteiger partial charge in [0.25, 0.3) is 5.91 Å². The van der Waals surface area contributed by atoms with E-state index in [9.17, 15) is 13.6 Å². The molecule has 2 heterocycles. The van der Waals surface area contributed by atoms with Crippen molar-refractivity contribution in [1.29, 1.82) is 0 Å². The van der Waals surface area contributed by atoms with Gasteiger partial charge in [-0.2, -0.15) is 8.78 Å². The fourth-order valence-electron chi connectivity index (χ4n) is 4.44. The van der Waals surface area contributed by atoms with Crippen molar-refractivity contribution >= 4 is 11.9 Å². The number of carbonyl (C=O) groups is 1. The Morgan fingerprint density at radius 3 is 2.90 bits per heavy atom. The molecule has 1 atom stereocenters. The van der Waals surface area contributed by atoms with Gasteiger partial charge >= 0.3 is 6.61 Å². The number of piperidine rings is 1. The molecule has 1 aliphatic carbocycles. The molecule has 0 N–H and O–H groups in total. The number of carbonyl (C=O) groups excluding carboxylic acids is 1. The van der Waals surface area contributed by atoms with Gasteiger partial charge in [-0.25, -0.2) is 9.97 Å². The summed E-state index contributed by atoms with van der Waals surface area (Å²) in [5, 5.41) is 0. The van der Waals surface area contributed by atoms with Crippen molar-refractivity contribution in [2.24, 2.45) is 0 Å². The molecule has 2 aliphatic rings. The number of rotatable bonds is 4. The molecule has 1 aliphatic heterocycles. The summed E-state index contributed by atoms with van der Waals surface area (Å²) < 4.78 is 29.5. The van der Waals surface area contributed by atoms with E-state index in [1.165, 1.54) is 12.1 Å². The van der Waals surface area contributed by atoms with Gasteiger partial charge in [-0.1, -0.05) is 6.07 Å². The standard InChI is InChI=1S/C21H24F2N4O2/c1-26(2)20-24-12-15-7-9-21(17(15)25-20)8-4-10-27(13-21)18(28)14-5-3-6-16(11-14)29-19(22)23/h3,5-6,11-12,19H,4,7-10,13H2,1-2H3. The van der Waals surface area contributed by atoms with Crippen molar-refractivity contribution in [3.8, 4) is 5.75 Å². The fourth-order valence-corrected chi connectivity index (χ4v) is 4.44. The van der Waals surface area contributed by atoms with Gasteiger partial charge in [-0.3, -0.25) is 4.79 Å². The Kier molecular flexibility index (Phi) is 5.10. The molecule has 1 fully saturated rings. The maximum absolute atomic E-state index is 13.1. The number of fused-ring (bicyclic) bond motifs is 2. The molecule has 154 valence electrons. The van der Waals surface area contributed by atoms with Crippen LogP contribution in [0.1, 0.15) is 40.9 Å². The Morgan fingerprint density at radius 1 is 1.31 bits per heavy atom. The Labute approximate surface area is 168 Å². The van der Waals surface area contributed by atoms with Crippen molar-refractivity contribution in [3.63, 3.8) is 0 Å². The fraction of sp³-hybridized carbons (Fsp3) is 0.476. The first-order valence-corrected chi connectivity index (χ1v) is 9.76. The van der Waals surface area contributed by atoms with Crippen LogP contribution in [-0.4, -0.2) is 54.6 Å². The predicted molar refractivity (Wildman–Crippen MR) is 105 cm³/mol. The van der Waals surface area contributed by atoms with Crippen LogP contribution in [0.25, 0.3) is 0 Å². The van der Waals surface area contributed by atoms with E-state index in [1.807, 2.05) is 30.1 Å². The topological polar surface area (TPSA) is 58.6 Å². The van der Waals surface area contributed by atoms with E-state index in [2.05, 4.69) is 9.72 Å². The van der Waals surface area contributed by atoms with E-state index in [4.69, 9.17) is 4.98 Å². The lowest BCUT2D eigenvalue weighted by Gasteiger charge is -2.40. The van der Waals surface area contributed by atoms with Gasteiger partial charge in [-0.05, 0) is 49.4 Å². The lowest BCUT2D eigenvalue weighted by molar-refractivity contribution is -0.0499. The first-order chi connectivity index (χ1) is 13.9. The summed E-state index contributed by atoms with van der Waals surface area (Å²) in [5.74, 6) is 0.497. The van der Waals surface area contributed by atoms with Gasteiger partial charge in [0, 0.05) is 44.4 Å². The minimum atomic E-state index is -2.92. The van der Waals surface area contributed by atoms with E-state index < -0.39 is 6.61 Å². The van der Waals surface area contributed by atoms with E-state index in [0.29, 0.717) is 24.6 Å². The molecule has 1 unspecified atom stereocenters. The van der Waals surface area contributed by atoms with Gasteiger partial charge < -0.3 is 14.5 Å². The van der Waals surface area contributed by atoms with Crippen LogP contribution >= 0.6 is 0 Å². The third-order valence-electron chi connectivity index (χ3n) is 5.80. The van der Waals surface area contributed by atoms with Crippen LogP contribution in [0, 0.1) is 0 Å². The second-order valence-corrected chi connectivity index (χ2v) is 7.96. The molecule has 0 saturated carbocycles. The van der Waals surface area contributed by atoms with E-state index >= 15 is 0 Å². The van der Waals surface area contributed by atoms with Gasteiger partial charge in [0.1, 0.15) is 5.75 Å². The monoisotopic (exact) mass is 402 g/mol. The minimum Gasteiger partial charge on any atom is -0.435 e. The lowest BCUT2D eigenvalue weighted by Crippen LogP contribution is -2.48. The van der Waals surface area contributed by atoms with Crippen molar-refractivity contribution < 1.29 is 18.3 Å². The molecule has 0 radical (unpaired) electrons. The van der Waals surface area contributed by atoms with Crippen LogP contribution in [0.2, 0.25) is 0 Å². The highest BCUT2D eigenvalue weighted by molar-refractivity contribution is 5.94. The summed E-state index contributed by atoms with van der Waals surface area (Å²) in [6, 6.07) is 6.00. The largest absolute Gasteiger partial charge is 0.435 e. The first kappa shape index (κ1) is 19.5. The molecule has 1 saturated heterocycles. The van der Waals surface area contributed by atoms with E-state index in [-0.39, 0.29) is 17.1 Å². The van der Waals surface area contributed by atoms with Crippen molar-refractivity contribution in [2.45, 2.75) is 37.7 Å². The maximum Gasteiger partial charge on any atom is 0.387 e. The Bertz CT molecular complexity index is 917. The number of aryl methyl sites for hydroxylation is 1. The number of benzene rings is 1. The summed E-state index contributed by atoms with van der Waals surface area (Å²) in [6.07, 6.45) is 5.59. The average molecular weight is 402 g/mol. The van der Waals surface area contributed by atoms with Crippen LogP contribution in [0.4, 0.5) is 14.7 Å². The lowest BCUT2D eigenvalue weighted by atomic mass is 9.77. The molecular formula is C21H24F2N4O2. The number of halogens is 2. The van der Waals surface area contributed by atoms with E-state index in [0.717, 1.165) is 36.9 Å². The maximum atomic E-state index is 13.1. The number of hydrogen-bond acceptors (Lipinski definition) is 5. The number of anilines is 1. The molecule has 1 aromatic heterocycles. The zero-order valence-electron chi connectivity index (χ0n) is 16.6. The van der Waals surface area contributed by atoms with Crippen molar-refractivity contribution in [1.82, 2.24) is 14.9 Å². The van der Waals surface area contributed by atoms with Crippen LogP contribution < -0.4 is 9.64 Å². The number of alkyl halides is 2. The molecule has 29 heavy (non-hydrogen) atoms. The summed E-state index contributed by atoms with van der Waals surface area (Å²) in [6.45, 7) is -1.71. The number of likely N-dealkylation sites (tertiary alicyclic amines) is 1. The Hall–Kier alpha value is -2.77. The molecule has 1 aromatic carbocycles. The zero-order valence-corrected chi connectivity index (χ0v) is 16.6. The number of aromatic nitrogens is 2. The second kappa shape index (κ2) is 7.57. The van der Waals surface area contributed by atoms with E-state index in [1.54, 1.807) is 12.1 Å². The summed E-state index contributed by atoms with van der Waals surface area (Å²) in [4.78, 5) is 26.0. The zero-order chi connectivity index (χ0) is 20.6. The van der Waals surface area contributed by atoms with Crippen LogP contribution in [0.3, 0.4) is 0 Å². The van der Waals surface area contributed by atoms with Crippen LogP contribution in [-0.2, 0) is 11.8 Å². The number of amides is 1. The Balaban J connectivity index is 1.59. The number of nitrogens with zero attached hydrogens (tertiary/aromatic N) is 4. The average Bonchev–Trinajstić information content (AvgIpc) is 3.04. The molecule has 1 amide bonds. The third kappa shape index (κ3) is 3.75. The highest BCUT2D eigenvalue weighted by Crippen LogP contribution is 2.44. The molecule has 8 heteroatoms. The normalized spacial score (nSPS) is 20.8. The van der Waals surface area contributed by atoms with Gasteiger partial charge in [0.2, 0.25) is 5.95 Å². The summed E-state index contributed by atoms with van der Waals surface area (Å²) >= 11 is 0. The SMILES string of the molecule is CN(C)c1ncc2c(n1)C1(CCCN(C(=O)c3cccc(OC(F)F)c3)C1)CC2. The summed E-state index contributed by atoms with van der Waals surface area (Å²) in [7, 11) is 3.82. The highest BCUT2D eigenvalue weighted by Gasteiger charge is 2.45. The minimum absolute atomic E-state index is 0.00727. The van der Waals surface area contributed by atoms with Crippen LogP contribution in [0.15, 0.2) is 30.5 Å². The Morgan fingerprint density at radius 2 is 2.14 bits per heavy atom. The molecule has 1 spiro atoms. The highest BCUT2D eigenvalue weighted by atomic mass is 19.3. The molecule has 2 aromatic rings. The van der Waals surface area contributed by atoms with Gasteiger partial charge in [0.15, 0.2) is 0 Å². The van der Waals surface area contributed by atoms with Gasteiger partial charge in [-0.15, -0.1) is 0 Å². The third-order valence-corrected chi connectivity index (χ3v) is 5.80. The first-order valence-electron chi connectivity index (χ1n) is 9.76. The van der Waals surface area contributed by atoms with Gasteiger partial charge in [0.05, 0.1) is 5.69 Å². The van der Waals surface area contributed by atoms with Crippen molar-refractivity contribution in [3.05, 3.63) is 47.3 Å². The molecular weight excluding hydrogens is 378 g/mol. The second-order valence-electron chi connectivity index (χ2n) is 7.96. The van der Waals surface area contributed by atoms with Crippen molar-refractivity contribution in [2.75, 3.05) is 32.1 Å². The predicted octanol–water partition coefficient (Wildman–Crippen LogP) is 3.26.